The van der Waals surface area contributed by atoms with E-state index in [-0.39, 0.29) is 23.3 Å². The van der Waals surface area contributed by atoms with E-state index in [1.54, 1.807) is 36.2 Å². The third-order valence-corrected chi connectivity index (χ3v) is 7.21. The molecular weight excluding hydrogens is 483 g/mol. The third kappa shape index (κ3) is 4.34. The number of ether oxygens (including phenoxy) is 1. The number of hydrogen-bond acceptors (Lipinski definition) is 7. The van der Waals surface area contributed by atoms with Gasteiger partial charge in [0.1, 0.15) is 28.2 Å². The quantitative estimate of drug-likeness (QED) is 0.625. The van der Waals surface area contributed by atoms with Gasteiger partial charge >= 0.3 is 6.36 Å². The molecule has 1 aromatic carbocycles. The molecule has 11 heteroatoms. The van der Waals surface area contributed by atoms with Gasteiger partial charge in [0.15, 0.2) is 6.23 Å². The first-order chi connectivity index (χ1) is 16.7. The SMILES string of the molecule is CN1c2ccc(Cl)nc2C(N2CC[C@@H]3[C@@H](CCN3c3ccc(OC(F)(F)F)cc3)C2)=C(C#N)C1O. The number of halogens is 4. The fourth-order valence-corrected chi connectivity index (χ4v) is 5.59. The Morgan fingerprint density at radius 1 is 1.14 bits per heavy atom. The molecule has 0 amide bonds. The van der Waals surface area contributed by atoms with Crippen molar-refractivity contribution in [1.29, 1.82) is 5.26 Å². The molecule has 2 aromatic rings. The summed E-state index contributed by atoms with van der Waals surface area (Å²) in [7, 11) is 1.71. The molecular formula is C24H23ClF3N5O2. The summed E-state index contributed by atoms with van der Waals surface area (Å²) in [5.74, 6) is 0.0372. The van der Waals surface area contributed by atoms with Gasteiger partial charge in [-0.3, -0.25) is 0 Å². The summed E-state index contributed by atoms with van der Waals surface area (Å²) in [5.41, 5.74) is 2.98. The van der Waals surface area contributed by atoms with E-state index in [2.05, 4.69) is 25.6 Å². The van der Waals surface area contributed by atoms with Crippen molar-refractivity contribution in [3.8, 4) is 11.8 Å². The maximum absolute atomic E-state index is 12.5. The Balaban J connectivity index is 1.38. The van der Waals surface area contributed by atoms with E-state index >= 15 is 0 Å². The zero-order valence-electron chi connectivity index (χ0n) is 18.8. The molecule has 0 spiro atoms. The van der Waals surface area contributed by atoms with E-state index in [9.17, 15) is 23.5 Å². The van der Waals surface area contributed by atoms with Gasteiger partial charge in [-0.1, -0.05) is 11.6 Å². The Hall–Kier alpha value is -3.16. The van der Waals surface area contributed by atoms with Crippen LogP contribution >= 0.6 is 11.6 Å². The maximum Gasteiger partial charge on any atom is 0.573 e. The molecule has 0 radical (unpaired) electrons. The predicted molar refractivity (Wildman–Crippen MR) is 125 cm³/mol. The Morgan fingerprint density at radius 2 is 1.89 bits per heavy atom. The number of hydrogen-bond donors (Lipinski definition) is 1. The topological polar surface area (TPSA) is 75.9 Å². The Bertz CT molecular complexity index is 1200. The maximum atomic E-state index is 12.5. The van der Waals surface area contributed by atoms with Gasteiger partial charge in [0.05, 0.1) is 11.4 Å². The van der Waals surface area contributed by atoms with Crippen LogP contribution in [0.15, 0.2) is 42.0 Å². The van der Waals surface area contributed by atoms with Gasteiger partial charge in [0, 0.05) is 38.4 Å². The molecule has 4 heterocycles. The molecule has 3 aliphatic rings. The predicted octanol–water partition coefficient (Wildman–Crippen LogP) is 4.24. The number of piperidine rings is 1. The van der Waals surface area contributed by atoms with E-state index in [1.165, 1.54) is 12.1 Å². The lowest BCUT2D eigenvalue weighted by Crippen LogP contribution is -2.47. The van der Waals surface area contributed by atoms with Gasteiger partial charge in [-0.15, -0.1) is 13.2 Å². The summed E-state index contributed by atoms with van der Waals surface area (Å²) < 4.78 is 41.4. The number of aromatic nitrogens is 1. The van der Waals surface area contributed by atoms with Crippen LogP contribution in [0.3, 0.4) is 0 Å². The van der Waals surface area contributed by atoms with Crippen molar-refractivity contribution in [3.63, 3.8) is 0 Å². The minimum atomic E-state index is -4.72. The highest BCUT2D eigenvalue weighted by Crippen LogP contribution is 2.42. The number of likely N-dealkylation sites (N-methyl/N-ethyl adjacent to an activating group) is 1. The van der Waals surface area contributed by atoms with Crippen molar-refractivity contribution in [2.24, 2.45) is 5.92 Å². The lowest BCUT2D eigenvalue weighted by Gasteiger charge is -2.43. The summed E-state index contributed by atoms with van der Waals surface area (Å²) in [5, 5.41) is 21.0. The third-order valence-electron chi connectivity index (χ3n) is 7.00. The number of aliphatic hydroxyl groups is 1. The van der Waals surface area contributed by atoms with Gasteiger partial charge in [-0.25, -0.2) is 4.98 Å². The number of nitriles is 1. The molecule has 3 aliphatic heterocycles. The molecule has 3 atom stereocenters. The van der Waals surface area contributed by atoms with Crippen molar-refractivity contribution in [1.82, 2.24) is 9.88 Å². The Labute approximate surface area is 205 Å². The smallest absolute Gasteiger partial charge is 0.406 e. The van der Waals surface area contributed by atoms with Crippen molar-refractivity contribution in [2.75, 3.05) is 36.5 Å². The fraction of sp³-hybridized carbons (Fsp3) is 0.417. The number of benzene rings is 1. The van der Waals surface area contributed by atoms with E-state index in [4.69, 9.17) is 11.6 Å². The van der Waals surface area contributed by atoms with Crippen molar-refractivity contribution >= 4 is 28.7 Å². The molecule has 5 rings (SSSR count). The molecule has 1 N–H and O–H groups in total. The lowest BCUT2D eigenvalue weighted by molar-refractivity contribution is -0.274. The zero-order valence-corrected chi connectivity index (χ0v) is 19.6. The minimum absolute atomic E-state index is 0.217. The van der Waals surface area contributed by atoms with Gasteiger partial charge < -0.3 is 24.5 Å². The second-order valence-electron chi connectivity index (χ2n) is 8.95. The zero-order chi connectivity index (χ0) is 24.9. The number of pyridine rings is 1. The van der Waals surface area contributed by atoms with Crippen LogP contribution in [-0.4, -0.2) is 60.3 Å². The molecule has 7 nitrogen and oxygen atoms in total. The highest BCUT2D eigenvalue weighted by Gasteiger charge is 2.42. The van der Waals surface area contributed by atoms with Gasteiger partial charge in [-0.05, 0) is 55.2 Å². The number of aliphatic hydroxyl groups excluding tert-OH is 1. The second-order valence-corrected chi connectivity index (χ2v) is 9.33. The van der Waals surface area contributed by atoms with Crippen LogP contribution in [0.4, 0.5) is 24.5 Å². The summed E-state index contributed by atoms with van der Waals surface area (Å²) in [6.07, 6.45) is -4.12. The number of anilines is 2. The van der Waals surface area contributed by atoms with Gasteiger partial charge in [0.2, 0.25) is 0 Å². The Morgan fingerprint density at radius 3 is 2.57 bits per heavy atom. The highest BCUT2D eigenvalue weighted by molar-refractivity contribution is 6.29. The number of rotatable bonds is 3. The van der Waals surface area contributed by atoms with E-state index in [1.807, 2.05) is 0 Å². The molecule has 1 unspecified atom stereocenters. The highest BCUT2D eigenvalue weighted by atomic mass is 35.5. The average Bonchev–Trinajstić information content (AvgIpc) is 3.24. The van der Waals surface area contributed by atoms with E-state index in [0.717, 1.165) is 25.1 Å². The van der Waals surface area contributed by atoms with Crippen LogP contribution < -0.4 is 14.5 Å². The average molecular weight is 506 g/mol. The summed E-state index contributed by atoms with van der Waals surface area (Å²) in [4.78, 5) is 10.4. The largest absolute Gasteiger partial charge is 0.573 e. The number of likely N-dealkylation sites (tertiary alicyclic amines) is 1. The monoisotopic (exact) mass is 505 g/mol. The summed E-state index contributed by atoms with van der Waals surface area (Å²) in [6.45, 7) is 2.08. The lowest BCUT2D eigenvalue weighted by atomic mass is 9.90. The standard InChI is InChI=1S/C24H23ClF3N5O2/c1-31-19-6-7-20(25)30-21(19)22(17(12-29)23(31)34)32-10-9-18-14(13-32)8-11-33(18)15-2-4-16(5-3-15)35-24(26,27)28/h2-7,14,18,23,34H,8-11,13H2,1H3/t14-,18+,23?/m0/s1. The van der Waals surface area contributed by atoms with Crippen LogP contribution in [0, 0.1) is 17.2 Å². The molecule has 0 saturated carbocycles. The summed E-state index contributed by atoms with van der Waals surface area (Å²) >= 11 is 6.18. The van der Waals surface area contributed by atoms with Crippen LogP contribution in [0.2, 0.25) is 5.15 Å². The first-order valence-electron chi connectivity index (χ1n) is 11.3. The summed E-state index contributed by atoms with van der Waals surface area (Å²) in [6, 6.07) is 11.8. The number of alkyl halides is 3. The van der Waals surface area contributed by atoms with Crippen molar-refractivity contribution < 1.29 is 23.0 Å². The van der Waals surface area contributed by atoms with Crippen molar-refractivity contribution in [3.05, 3.63) is 52.8 Å². The van der Waals surface area contributed by atoms with Crippen LogP contribution in [0.1, 0.15) is 18.5 Å². The van der Waals surface area contributed by atoms with Crippen LogP contribution in [0.5, 0.6) is 5.75 Å². The van der Waals surface area contributed by atoms with Crippen LogP contribution in [-0.2, 0) is 0 Å². The van der Waals surface area contributed by atoms with Crippen LogP contribution in [0.25, 0.3) is 5.70 Å². The molecule has 1 aromatic heterocycles. The second kappa shape index (κ2) is 8.81. The van der Waals surface area contributed by atoms with E-state index in [0.29, 0.717) is 35.3 Å². The Kier molecular flexibility index (Phi) is 5.93. The molecule has 184 valence electrons. The number of fused-ring (bicyclic) bond motifs is 2. The van der Waals surface area contributed by atoms with Gasteiger partial charge in [0.25, 0.3) is 0 Å². The minimum Gasteiger partial charge on any atom is -0.406 e. The molecule has 0 bridgehead atoms. The molecule has 2 saturated heterocycles. The van der Waals surface area contributed by atoms with E-state index < -0.39 is 12.6 Å². The van der Waals surface area contributed by atoms with Gasteiger partial charge in [-0.2, -0.15) is 5.26 Å². The first kappa shape index (κ1) is 23.6. The normalized spacial score (nSPS) is 24.3. The fourth-order valence-electron chi connectivity index (χ4n) is 5.44. The molecule has 35 heavy (non-hydrogen) atoms. The molecule has 0 aliphatic carbocycles. The van der Waals surface area contributed by atoms with Crippen molar-refractivity contribution in [2.45, 2.75) is 31.5 Å². The first-order valence-corrected chi connectivity index (χ1v) is 11.6. The molecule has 2 fully saturated rings. The number of nitrogens with zero attached hydrogens (tertiary/aromatic N) is 5.